The molecule has 2 rings (SSSR count). The van der Waals surface area contributed by atoms with Crippen molar-refractivity contribution in [1.29, 1.82) is 0 Å². The molecule has 0 aromatic heterocycles. The number of ether oxygens (including phenoxy) is 3. The third-order valence-electron chi connectivity index (χ3n) is 4.07. The predicted molar refractivity (Wildman–Crippen MR) is 97.6 cm³/mol. The van der Waals surface area contributed by atoms with Crippen molar-refractivity contribution in [3.63, 3.8) is 0 Å². The first-order chi connectivity index (χ1) is 12.0. The van der Waals surface area contributed by atoms with E-state index in [4.69, 9.17) is 14.2 Å². The summed E-state index contributed by atoms with van der Waals surface area (Å²) in [5.74, 6) is 1.65. The summed E-state index contributed by atoms with van der Waals surface area (Å²) in [6.07, 6.45) is 0.359. The molecule has 1 amide bonds. The van der Waals surface area contributed by atoms with E-state index in [9.17, 15) is 4.79 Å². The fourth-order valence-corrected chi connectivity index (χ4v) is 2.66. The van der Waals surface area contributed by atoms with Crippen LogP contribution in [0, 0.1) is 13.8 Å². The van der Waals surface area contributed by atoms with Crippen LogP contribution in [-0.4, -0.2) is 27.2 Å². The summed E-state index contributed by atoms with van der Waals surface area (Å²) in [5.41, 5.74) is 4.19. The van der Waals surface area contributed by atoms with Crippen LogP contribution < -0.4 is 19.5 Å². The molecular weight excluding hydrogens is 318 g/mol. The zero-order chi connectivity index (χ0) is 18.4. The minimum Gasteiger partial charge on any atom is -0.493 e. The molecule has 0 aliphatic heterocycles. The van der Waals surface area contributed by atoms with Gasteiger partial charge in [-0.25, -0.2) is 0 Å². The summed E-state index contributed by atoms with van der Waals surface area (Å²) >= 11 is 0. The van der Waals surface area contributed by atoms with E-state index < -0.39 is 0 Å². The van der Waals surface area contributed by atoms with Crippen LogP contribution in [0.1, 0.15) is 22.3 Å². The molecule has 0 unspecified atom stereocenters. The number of nitrogens with one attached hydrogen (secondary N) is 1. The molecule has 0 spiro atoms. The maximum atomic E-state index is 12.3. The van der Waals surface area contributed by atoms with Crippen molar-refractivity contribution in [2.24, 2.45) is 0 Å². The van der Waals surface area contributed by atoms with Gasteiger partial charge in [-0.05, 0) is 42.7 Å². The van der Waals surface area contributed by atoms with Gasteiger partial charge in [-0.1, -0.05) is 23.8 Å². The molecule has 134 valence electrons. The Kier molecular flexibility index (Phi) is 6.28. The van der Waals surface area contributed by atoms with Gasteiger partial charge in [0.25, 0.3) is 0 Å². The highest BCUT2D eigenvalue weighted by molar-refractivity contribution is 5.79. The Morgan fingerprint density at radius 1 is 0.960 bits per heavy atom. The van der Waals surface area contributed by atoms with Gasteiger partial charge in [-0.3, -0.25) is 4.79 Å². The number of hydrogen-bond donors (Lipinski definition) is 1. The average molecular weight is 343 g/mol. The van der Waals surface area contributed by atoms with Crippen molar-refractivity contribution in [3.8, 4) is 17.2 Å². The molecule has 1 N–H and O–H groups in total. The zero-order valence-corrected chi connectivity index (χ0v) is 15.4. The summed E-state index contributed by atoms with van der Waals surface area (Å²) < 4.78 is 16.0. The van der Waals surface area contributed by atoms with Crippen molar-refractivity contribution < 1.29 is 19.0 Å². The van der Waals surface area contributed by atoms with Gasteiger partial charge in [-0.15, -0.1) is 0 Å². The third-order valence-corrected chi connectivity index (χ3v) is 4.07. The molecule has 0 aliphatic rings. The summed E-state index contributed by atoms with van der Waals surface area (Å²) in [6, 6.07) is 9.80. The summed E-state index contributed by atoms with van der Waals surface area (Å²) in [5, 5.41) is 2.94. The molecule has 5 heteroatoms. The van der Waals surface area contributed by atoms with Gasteiger partial charge in [0.2, 0.25) is 11.7 Å². The van der Waals surface area contributed by atoms with Crippen LogP contribution in [0.15, 0.2) is 30.3 Å². The molecule has 0 saturated heterocycles. The van der Waals surface area contributed by atoms with E-state index in [0.717, 1.165) is 22.3 Å². The SMILES string of the molecule is COc1cc(CNC(=O)Cc2cc(C)ccc2C)cc(OC)c1OC. The number of rotatable bonds is 7. The van der Waals surface area contributed by atoms with Gasteiger partial charge in [0.05, 0.1) is 27.8 Å². The van der Waals surface area contributed by atoms with Gasteiger partial charge in [0.15, 0.2) is 11.5 Å². The molecule has 0 heterocycles. The maximum absolute atomic E-state index is 12.3. The fraction of sp³-hybridized carbons (Fsp3) is 0.350. The smallest absolute Gasteiger partial charge is 0.224 e. The highest BCUT2D eigenvalue weighted by Gasteiger charge is 2.14. The van der Waals surface area contributed by atoms with Gasteiger partial charge >= 0.3 is 0 Å². The van der Waals surface area contributed by atoms with E-state index in [1.807, 2.05) is 44.2 Å². The van der Waals surface area contributed by atoms with Crippen LogP contribution in [0.3, 0.4) is 0 Å². The Morgan fingerprint density at radius 2 is 1.60 bits per heavy atom. The summed E-state index contributed by atoms with van der Waals surface area (Å²) in [7, 11) is 4.70. The molecule has 0 saturated carbocycles. The lowest BCUT2D eigenvalue weighted by molar-refractivity contribution is -0.120. The van der Waals surface area contributed by atoms with E-state index >= 15 is 0 Å². The fourth-order valence-electron chi connectivity index (χ4n) is 2.66. The molecule has 0 radical (unpaired) electrons. The van der Waals surface area contributed by atoms with E-state index in [0.29, 0.717) is 30.2 Å². The largest absolute Gasteiger partial charge is 0.493 e. The topological polar surface area (TPSA) is 56.8 Å². The number of aryl methyl sites for hydroxylation is 2. The van der Waals surface area contributed by atoms with Crippen LogP contribution in [-0.2, 0) is 17.8 Å². The maximum Gasteiger partial charge on any atom is 0.224 e. The standard InChI is InChI=1S/C20H25NO4/c1-13-6-7-14(2)16(8-13)11-19(22)21-12-15-9-17(23-3)20(25-5)18(10-15)24-4/h6-10H,11-12H2,1-5H3,(H,21,22). The number of methoxy groups -OCH3 is 3. The molecule has 0 fully saturated rings. The lowest BCUT2D eigenvalue weighted by Crippen LogP contribution is -2.25. The van der Waals surface area contributed by atoms with E-state index in [-0.39, 0.29) is 5.91 Å². The summed E-state index contributed by atoms with van der Waals surface area (Å²) in [4.78, 5) is 12.3. The van der Waals surface area contributed by atoms with Gasteiger partial charge < -0.3 is 19.5 Å². The van der Waals surface area contributed by atoms with Crippen molar-refractivity contribution >= 4 is 5.91 Å². The van der Waals surface area contributed by atoms with Crippen LogP contribution in [0.25, 0.3) is 0 Å². The molecule has 2 aromatic rings. The van der Waals surface area contributed by atoms with Crippen LogP contribution >= 0.6 is 0 Å². The normalized spacial score (nSPS) is 10.3. The number of carbonyl (C=O) groups is 1. The predicted octanol–water partition coefficient (Wildman–Crippen LogP) is 3.19. The van der Waals surface area contributed by atoms with Crippen LogP contribution in [0.2, 0.25) is 0 Å². The highest BCUT2D eigenvalue weighted by Crippen LogP contribution is 2.38. The minimum absolute atomic E-state index is 0.0255. The molecular formula is C20H25NO4. The van der Waals surface area contributed by atoms with Gasteiger partial charge in [-0.2, -0.15) is 0 Å². The number of carbonyl (C=O) groups excluding carboxylic acids is 1. The Balaban J connectivity index is 2.07. The average Bonchev–Trinajstić information content (AvgIpc) is 2.61. The zero-order valence-electron chi connectivity index (χ0n) is 15.4. The second-order valence-corrected chi connectivity index (χ2v) is 5.92. The van der Waals surface area contributed by atoms with Crippen molar-refractivity contribution in [1.82, 2.24) is 5.32 Å². The molecule has 5 nitrogen and oxygen atoms in total. The van der Waals surface area contributed by atoms with E-state index in [1.54, 1.807) is 21.3 Å². The lowest BCUT2D eigenvalue weighted by atomic mass is 10.0. The quantitative estimate of drug-likeness (QED) is 0.839. The minimum atomic E-state index is -0.0255. The number of amides is 1. The molecule has 0 atom stereocenters. The first-order valence-corrected chi connectivity index (χ1v) is 8.10. The molecule has 0 bridgehead atoms. The van der Waals surface area contributed by atoms with E-state index in [1.165, 1.54) is 0 Å². The summed E-state index contributed by atoms with van der Waals surface area (Å²) in [6.45, 7) is 4.43. The third kappa shape index (κ3) is 4.66. The Morgan fingerprint density at radius 3 is 2.16 bits per heavy atom. The number of hydrogen-bond acceptors (Lipinski definition) is 4. The molecule has 0 aliphatic carbocycles. The first kappa shape index (κ1) is 18.6. The van der Waals surface area contributed by atoms with Crippen molar-refractivity contribution in [3.05, 3.63) is 52.6 Å². The Hall–Kier alpha value is -2.69. The monoisotopic (exact) mass is 343 g/mol. The van der Waals surface area contributed by atoms with E-state index in [2.05, 4.69) is 5.32 Å². The highest BCUT2D eigenvalue weighted by atomic mass is 16.5. The van der Waals surface area contributed by atoms with Gasteiger partial charge in [0.1, 0.15) is 0 Å². The Labute approximate surface area is 148 Å². The molecule has 2 aromatic carbocycles. The first-order valence-electron chi connectivity index (χ1n) is 8.10. The van der Waals surface area contributed by atoms with Crippen molar-refractivity contribution in [2.75, 3.05) is 21.3 Å². The van der Waals surface area contributed by atoms with Gasteiger partial charge in [0, 0.05) is 6.54 Å². The Bertz CT molecular complexity index is 730. The second kappa shape index (κ2) is 8.42. The van der Waals surface area contributed by atoms with Crippen LogP contribution in [0.5, 0.6) is 17.2 Å². The van der Waals surface area contributed by atoms with Crippen molar-refractivity contribution in [2.45, 2.75) is 26.8 Å². The second-order valence-electron chi connectivity index (χ2n) is 5.92. The number of benzene rings is 2. The van der Waals surface area contributed by atoms with Crippen LogP contribution in [0.4, 0.5) is 0 Å². The molecule has 25 heavy (non-hydrogen) atoms. The lowest BCUT2D eigenvalue weighted by Gasteiger charge is -2.14.